The van der Waals surface area contributed by atoms with Gasteiger partial charge in [-0.2, -0.15) is 0 Å². The molecule has 0 aliphatic carbocycles. The van der Waals surface area contributed by atoms with E-state index in [1.54, 1.807) is 0 Å². The van der Waals surface area contributed by atoms with E-state index >= 15 is 0 Å². The Bertz CT molecular complexity index is 480. The first-order valence-electron chi connectivity index (χ1n) is 6.43. The van der Waals surface area contributed by atoms with E-state index in [0.717, 1.165) is 26.1 Å². The molecule has 1 fully saturated rings. The van der Waals surface area contributed by atoms with E-state index < -0.39 is 5.82 Å². The zero-order valence-electron chi connectivity index (χ0n) is 11.3. The van der Waals surface area contributed by atoms with Crippen molar-refractivity contribution in [1.29, 1.82) is 0 Å². The lowest BCUT2D eigenvalue weighted by atomic mass is 10.1. The maximum atomic E-state index is 14.3. The lowest BCUT2D eigenvalue weighted by Gasteiger charge is -2.40. The van der Waals surface area contributed by atoms with Crippen molar-refractivity contribution in [1.82, 2.24) is 4.90 Å². The van der Waals surface area contributed by atoms with E-state index in [4.69, 9.17) is 23.1 Å². The second kappa shape index (κ2) is 5.43. The number of piperazine rings is 1. The highest BCUT2D eigenvalue weighted by molar-refractivity contribution is 6.33. The summed E-state index contributed by atoms with van der Waals surface area (Å²) in [6.45, 7) is 4.47. The monoisotopic (exact) mass is 286 g/mol. The first-order chi connectivity index (χ1) is 8.95. The van der Waals surface area contributed by atoms with Crippen molar-refractivity contribution in [2.45, 2.75) is 19.4 Å². The first-order valence-corrected chi connectivity index (χ1v) is 6.81. The predicted molar refractivity (Wildman–Crippen MR) is 79.2 cm³/mol. The molecule has 106 valence electrons. The summed E-state index contributed by atoms with van der Waals surface area (Å²) in [5.41, 5.74) is 12.4. The van der Waals surface area contributed by atoms with Gasteiger partial charge < -0.3 is 16.4 Å². The van der Waals surface area contributed by atoms with Crippen molar-refractivity contribution in [3.05, 3.63) is 16.9 Å². The molecule has 0 aromatic heterocycles. The number of benzene rings is 1. The molecule has 19 heavy (non-hydrogen) atoms. The van der Waals surface area contributed by atoms with Gasteiger partial charge in [-0.3, -0.25) is 4.90 Å². The summed E-state index contributed by atoms with van der Waals surface area (Å²) >= 11 is 5.88. The van der Waals surface area contributed by atoms with Crippen molar-refractivity contribution in [2.75, 3.05) is 43.0 Å². The van der Waals surface area contributed by atoms with Crippen LogP contribution in [0.3, 0.4) is 0 Å². The summed E-state index contributed by atoms with van der Waals surface area (Å²) in [5, 5.41) is -0.0452. The van der Waals surface area contributed by atoms with Crippen molar-refractivity contribution in [3.63, 3.8) is 0 Å². The highest BCUT2D eigenvalue weighted by atomic mass is 35.5. The molecule has 0 amide bonds. The lowest BCUT2D eigenvalue weighted by molar-refractivity contribution is 0.213. The molecule has 1 aliphatic rings. The summed E-state index contributed by atoms with van der Waals surface area (Å²) in [5.74, 6) is -0.515. The van der Waals surface area contributed by atoms with Crippen LogP contribution in [0, 0.1) is 5.82 Å². The molecule has 0 saturated carbocycles. The largest absolute Gasteiger partial charge is 0.397 e. The van der Waals surface area contributed by atoms with Crippen LogP contribution in [0.4, 0.5) is 21.5 Å². The molecule has 6 heteroatoms. The molecule has 0 radical (unpaired) electrons. The molecule has 1 unspecified atom stereocenters. The fraction of sp³-hybridized carbons (Fsp3) is 0.538. The van der Waals surface area contributed by atoms with Gasteiger partial charge >= 0.3 is 0 Å². The number of halogens is 2. The molecule has 4 nitrogen and oxygen atoms in total. The Hall–Kier alpha value is -1.20. The van der Waals surface area contributed by atoms with Crippen LogP contribution in [0.1, 0.15) is 13.3 Å². The zero-order chi connectivity index (χ0) is 14.2. The number of nitrogens with zero attached hydrogens (tertiary/aromatic N) is 2. The van der Waals surface area contributed by atoms with E-state index in [-0.39, 0.29) is 10.7 Å². The fourth-order valence-electron chi connectivity index (χ4n) is 2.57. The van der Waals surface area contributed by atoms with Gasteiger partial charge in [0.2, 0.25) is 0 Å². The lowest BCUT2D eigenvalue weighted by Crippen LogP contribution is -2.51. The summed E-state index contributed by atoms with van der Waals surface area (Å²) < 4.78 is 14.3. The Morgan fingerprint density at radius 2 is 2.05 bits per heavy atom. The smallest absolute Gasteiger partial charge is 0.169 e. The first kappa shape index (κ1) is 14.2. The third kappa shape index (κ3) is 2.58. The van der Waals surface area contributed by atoms with Crippen LogP contribution in [-0.2, 0) is 0 Å². The molecule has 0 bridgehead atoms. The fourth-order valence-corrected chi connectivity index (χ4v) is 2.71. The Balaban J connectivity index is 2.35. The minimum Gasteiger partial charge on any atom is -0.397 e. The van der Waals surface area contributed by atoms with Gasteiger partial charge in [-0.05, 0) is 19.5 Å². The summed E-state index contributed by atoms with van der Waals surface area (Å²) in [6, 6.07) is 1.92. The Kier molecular flexibility index (Phi) is 4.06. The summed E-state index contributed by atoms with van der Waals surface area (Å²) in [4.78, 5) is 4.24. The van der Waals surface area contributed by atoms with E-state index in [0.29, 0.717) is 17.4 Å². The van der Waals surface area contributed by atoms with Gasteiger partial charge in [-0.1, -0.05) is 18.5 Å². The molecule has 0 spiro atoms. The number of nitrogens with two attached hydrogens (primary N) is 2. The number of rotatable bonds is 2. The average molecular weight is 287 g/mol. The second-order valence-electron chi connectivity index (χ2n) is 5.02. The third-order valence-electron chi connectivity index (χ3n) is 3.80. The molecule has 1 aromatic rings. The van der Waals surface area contributed by atoms with Gasteiger partial charge in [0, 0.05) is 25.7 Å². The molecular formula is C13H20ClFN4. The van der Waals surface area contributed by atoms with Gasteiger partial charge in [0.05, 0.1) is 17.1 Å². The summed E-state index contributed by atoms with van der Waals surface area (Å²) in [6.07, 6.45) is 1.01. The van der Waals surface area contributed by atoms with E-state index in [9.17, 15) is 4.39 Å². The number of likely N-dealkylation sites (N-methyl/N-ethyl adjacent to an activating group) is 1. The Morgan fingerprint density at radius 3 is 2.68 bits per heavy atom. The average Bonchev–Trinajstić information content (AvgIpc) is 2.38. The van der Waals surface area contributed by atoms with Crippen LogP contribution in [0.2, 0.25) is 5.02 Å². The molecule has 4 N–H and O–H groups in total. The van der Waals surface area contributed by atoms with Crippen LogP contribution in [0.25, 0.3) is 0 Å². The highest BCUT2D eigenvalue weighted by Crippen LogP contribution is 2.37. The zero-order valence-corrected chi connectivity index (χ0v) is 12.0. The Morgan fingerprint density at radius 1 is 1.37 bits per heavy atom. The quantitative estimate of drug-likeness (QED) is 0.818. The van der Waals surface area contributed by atoms with E-state index in [1.165, 1.54) is 6.07 Å². The number of nitrogen functional groups attached to an aromatic ring is 2. The van der Waals surface area contributed by atoms with E-state index in [1.807, 2.05) is 4.90 Å². The SMILES string of the molecule is CCC1CN(c2c(N)cc(N)c(Cl)c2F)CCN1C. The topological polar surface area (TPSA) is 58.5 Å². The molecular weight excluding hydrogens is 267 g/mol. The standard InChI is InChI=1S/C13H20ClFN4/c1-3-8-7-19(5-4-18(8)2)13-10(17)6-9(16)11(14)12(13)15/h6,8H,3-5,7,16-17H2,1-2H3. The number of hydrogen-bond acceptors (Lipinski definition) is 4. The van der Waals surface area contributed by atoms with Crippen LogP contribution in [-0.4, -0.2) is 37.6 Å². The van der Waals surface area contributed by atoms with Crippen LogP contribution in [0.15, 0.2) is 6.07 Å². The normalized spacial score (nSPS) is 20.8. The van der Waals surface area contributed by atoms with Gasteiger partial charge in [0.25, 0.3) is 0 Å². The Labute approximate surface area is 118 Å². The van der Waals surface area contributed by atoms with Crippen molar-refractivity contribution in [2.24, 2.45) is 0 Å². The molecule has 1 aliphatic heterocycles. The van der Waals surface area contributed by atoms with Gasteiger partial charge in [0.1, 0.15) is 5.02 Å². The highest BCUT2D eigenvalue weighted by Gasteiger charge is 2.27. The van der Waals surface area contributed by atoms with Crippen molar-refractivity contribution in [3.8, 4) is 0 Å². The second-order valence-corrected chi connectivity index (χ2v) is 5.40. The van der Waals surface area contributed by atoms with Gasteiger partial charge in [-0.25, -0.2) is 4.39 Å². The van der Waals surface area contributed by atoms with Gasteiger partial charge in [-0.15, -0.1) is 0 Å². The minimum atomic E-state index is -0.515. The molecule has 1 aromatic carbocycles. The predicted octanol–water partition coefficient (Wildman–Crippen LogP) is 2.17. The number of hydrogen-bond donors (Lipinski definition) is 2. The molecule has 1 heterocycles. The van der Waals surface area contributed by atoms with Gasteiger partial charge in [0.15, 0.2) is 5.82 Å². The van der Waals surface area contributed by atoms with Crippen LogP contribution in [0.5, 0.6) is 0 Å². The van der Waals surface area contributed by atoms with Crippen LogP contribution < -0.4 is 16.4 Å². The summed E-state index contributed by atoms with van der Waals surface area (Å²) in [7, 11) is 2.08. The molecule has 1 atom stereocenters. The maximum Gasteiger partial charge on any atom is 0.169 e. The number of anilines is 3. The van der Waals surface area contributed by atoms with Crippen molar-refractivity contribution < 1.29 is 4.39 Å². The van der Waals surface area contributed by atoms with Crippen LogP contribution >= 0.6 is 11.6 Å². The van der Waals surface area contributed by atoms with Crippen molar-refractivity contribution >= 4 is 28.7 Å². The minimum absolute atomic E-state index is 0.0452. The molecule has 2 rings (SSSR count). The third-order valence-corrected chi connectivity index (χ3v) is 4.19. The maximum absolute atomic E-state index is 14.3. The van der Waals surface area contributed by atoms with E-state index in [2.05, 4.69) is 18.9 Å². The molecule has 1 saturated heterocycles.